The molecule has 0 fully saturated rings. The van der Waals surface area contributed by atoms with Gasteiger partial charge >= 0.3 is 0 Å². The molecule has 19 heavy (non-hydrogen) atoms. The Balaban J connectivity index is 1.78. The van der Waals surface area contributed by atoms with Gasteiger partial charge in [-0.25, -0.2) is 4.68 Å². The molecule has 1 aromatic carbocycles. The molecule has 2 rings (SSSR count). The highest BCUT2D eigenvalue weighted by Gasteiger charge is 2.00. The van der Waals surface area contributed by atoms with E-state index in [1.807, 2.05) is 29.1 Å². The summed E-state index contributed by atoms with van der Waals surface area (Å²) >= 11 is 0. The highest BCUT2D eigenvalue weighted by molar-refractivity contribution is 5.30. The van der Waals surface area contributed by atoms with Gasteiger partial charge in [0.25, 0.3) is 0 Å². The van der Waals surface area contributed by atoms with Crippen LogP contribution in [0.3, 0.4) is 0 Å². The summed E-state index contributed by atoms with van der Waals surface area (Å²) in [4.78, 5) is 0. The van der Waals surface area contributed by atoms with Crippen molar-refractivity contribution < 1.29 is 0 Å². The van der Waals surface area contributed by atoms with Crippen molar-refractivity contribution in [2.24, 2.45) is 5.92 Å². The molecule has 0 radical (unpaired) electrons. The SMILES string of the molecule is CC(C)CCNCCc1cnn(-c2ccccc2)c1. The summed E-state index contributed by atoms with van der Waals surface area (Å²) in [5, 5.41) is 7.88. The Morgan fingerprint density at radius 3 is 2.68 bits per heavy atom. The molecule has 1 heterocycles. The normalized spacial score (nSPS) is 11.1. The molecule has 3 nitrogen and oxygen atoms in total. The Kier molecular flexibility index (Phi) is 5.16. The number of hydrogen-bond donors (Lipinski definition) is 1. The number of para-hydroxylation sites is 1. The molecule has 0 aliphatic carbocycles. The molecule has 0 saturated heterocycles. The molecular weight excluding hydrogens is 234 g/mol. The molecule has 3 heteroatoms. The Morgan fingerprint density at radius 1 is 1.16 bits per heavy atom. The number of nitrogens with zero attached hydrogens (tertiary/aromatic N) is 2. The van der Waals surface area contributed by atoms with Crippen LogP contribution >= 0.6 is 0 Å². The lowest BCUT2D eigenvalue weighted by Crippen LogP contribution is -2.19. The Morgan fingerprint density at radius 2 is 1.95 bits per heavy atom. The third kappa shape index (κ3) is 4.52. The van der Waals surface area contributed by atoms with Crippen LogP contribution in [-0.2, 0) is 6.42 Å². The van der Waals surface area contributed by atoms with E-state index in [1.54, 1.807) is 0 Å². The quantitative estimate of drug-likeness (QED) is 0.773. The Hall–Kier alpha value is -1.61. The maximum Gasteiger partial charge on any atom is 0.0645 e. The van der Waals surface area contributed by atoms with E-state index in [9.17, 15) is 0 Å². The maximum atomic E-state index is 4.40. The highest BCUT2D eigenvalue weighted by Crippen LogP contribution is 2.07. The van der Waals surface area contributed by atoms with Crippen LogP contribution < -0.4 is 5.32 Å². The predicted molar refractivity (Wildman–Crippen MR) is 79.6 cm³/mol. The van der Waals surface area contributed by atoms with Crippen LogP contribution in [-0.4, -0.2) is 22.9 Å². The summed E-state index contributed by atoms with van der Waals surface area (Å²) in [5.41, 5.74) is 2.39. The van der Waals surface area contributed by atoms with Crippen LogP contribution in [0.25, 0.3) is 5.69 Å². The number of rotatable bonds is 7. The van der Waals surface area contributed by atoms with Crippen LogP contribution in [0.4, 0.5) is 0 Å². The number of hydrogen-bond acceptors (Lipinski definition) is 2. The molecule has 0 saturated carbocycles. The molecule has 2 aromatic rings. The van der Waals surface area contributed by atoms with Crippen molar-refractivity contribution in [3.63, 3.8) is 0 Å². The monoisotopic (exact) mass is 257 g/mol. The van der Waals surface area contributed by atoms with Gasteiger partial charge < -0.3 is 5.32 Å². The van der Waals surface area contributed by atoms with E-state index < -0.39 is 0 Å². The van der Waals surface area contributed by atoms with Crippen molar-refractivity contribution >= 4 is 0 Å². The molecule has 0 unspecified atom stereocenters. The van der Waals surface area contributed by atoms with Gasteiger partial charge in [0.15, 0.2) is 0 Å². The third-order valence-electron chi connectivity index (χ3n) is 3.15. The second-order valence-corrected chi connectivity index (χ2v) is 5.31. The van der Waals surface area contributed by atoms with Crippen molar-refractivity contribution in [3.05, 3.63) is 48.3 Å². The molecule has 0 bridgehead atoms. The van der Waals surface area contributed by atoms with Crippen molar-refractivity contribution in [1.29, 1.82) is 0 Å². The summed E-state index contributed by atoms with van der Waals surface area (Å²) in [6.45, 7) is 6.63. The summed E-state index contributed by atoms with van der Waals surface area (Å²) in [5.74, 6) is 0.772. The number of benzene rings is 1. The fourth-order valence-electron chi connectivity index (χ4n) is 1.96. The summed E-state index contributed by atoms with van der Waals surface area (Å²) in [6.07, 6.45) is 6.34. The minimum Gasteiger partial charge on any atom is -0.316 e. The summed E-state index contributed by atoms with van der Waals surface area (Å²) < 4.78 is 1.93. The molecule has 0 aliphatic heterocycles. The van der Waals surface area contributed by atoms with Gasteiger partial charge in [-0.1, -0.05) is 32.0 Å². The van der Waals surface area contributed by atoms with Crippen LogP contribution in [0, 0.1) is 5.92 Å². The first kappa shape index (κ1) is 13.8. The standard InChI is InChI=1S/C16H23N3/c1-14(2)8-10-17-11-9-15-12-18-19(13-15)16-6-4-3-5-7-16/h3-7,12-14,17H,8-11H2,1-2H3. The van der Waals surface area contributed by atoms with Gasteiger partial charge in [-0.15, -0.1) is 0 Å². The fraction of sp³-hybridized carbons (Fsp3) is 0.438. The van der Waals surface area contributed by atoms with E-state index in [4.69, 9.17) is 0 Å². The zero-order chi connectivity index (χ0) is 13.5. The van der Waals surface area contributed by atoms with Gasteiger partial charge in [0.1, 0.15) is 0 Å². The van der Waals surface area contributed by atoms with Gasteiger partial charge in [-0.05, 0) is 49.5 Å². The summed E-state index contributed by atoms with van der Waals surface area (Å²) in [7, 11) is 0. The van der Waals surface area contributed by atoms with Crippen molar-refractivity contribution in [2.75, 3.05) is 13.1 Å². The lowest BCUT2D eigenvalue weighted by atomic mass is 10.1. The van der Waals surface area contributed by atoms with Crippen LogP contribution in [0.15, 0.2) is 42.7 Å². The minimum absolute atomic E-state index is 0.772. The van der Waals surface area contributed by atoms with Crippen LogP contribution in [0.1, 0.15) is 25.8 Å². The van der Waals surface area contributed by atoms with Crippen molar-refractivity contribution in [1.82, 2.24) is 15.1 Å². The summed E-state index contributed by atoms with van der Waals surface area (Å²) in [6, 6.07) is 10.2. The largest absolute Gasteiger partial charge is 0.316 e. The molecule has 0 aliphatic rings. The highest BCUT2D eigenvalue weighted by atomic mass is 15.3. The zero-order valence-electron chi connectivity index (χ0n) is 11.8. The van der Waals surface area contributed by atoms with Gasteiger partial charge in [-0.3, -0.25) is 0 Å². The molecule has 0 spiro atoms. The zero-order valence-corrected chi connectivity index (χ0v) is 11.8. The lowest BCUT2D eigenvalue weighted by molar-refractivity contribution is 0.539. The molecule has 102 valence electrons. The van der Waals surface area contributed by atoms with Crippen LogP contribution in [0.5, 0.6) is 0 Å². The minimum atomic E-state index is 0.772. The number of aromatic nitrogens is 2. The average Bonchev–Trinajstić information content (AvgIpc) is 2.88. The average molecular weight is 257 g/mol. The predicted octanol–water partition coefficient (Wildman–Crippen LogP) is 3.05. The maximum absolute atomic E-state index is 4.40. The van der Waals surface area contributed by atoms with E-state index in [-0.39, 0.29) is 0 Å². The second kappa shape index (κ2) is 7.10. The molecular formula is C16H23N3. The smallest absolute Gasteiger partial charge is 0.0645 e. The first-order valence-corrected chi connectivity index (χ1v) is 7.05. The second-order valence-electron chi connectivity index (χ2n) is 5.31. The van der Waals surface area contributed by atoms with Gasteiger partial charge in [0.2, 0.25) is 0 Å². The van der Waals surface area contributed by atoms with E-state index in [0.717, 1.165) is 31.1 Å². The van der Waals surface area contributed by atoms with Crippen molar-refractivity contribution in [2.45, 2.75) is 26.7 Å². The van der Waals surface area contributed by atoms with E-state index in [0.29, 0.717) is 0 Å². The fourth-order valence-corrected chi connectivity index (χ4v) is 1.96. The Labute approximate surface area is 115 Å². The van der Waals surface area contributed by atoms with Gasteiger partial charge in [0.05, 0.1) is 11.9 Å². The van der Waals surface area contributed by atoms with Crippen LogP contribution in [0.2, 0.25) is 0 Å². The first-order valence-electron chi connectivity index (χ1n) is 7.05. The third-order valence-corrected chi connectivity index (χ3v) is 3.15. The lowest BCUT2D eigenvalue weighted by Gasteiger charge is -2.05. The number of nitrogens with one attached hydrogen (secondary N) is 1. The Bertz CT molecular complexity index is 474. The van der Waals surface area contributed by atoms with E-state index in [1.165, 1.54) is 12.0 Å². The topological polar surface area (TPSA) is 29.9 Å². The molecule has 1 aromatic heterocycles. The molecule has 0 amide bonds. The van der Waals surface area contributed by atoms with Gasteiger partial charge in [0, 0.05) is 6.20 Å². The first-order chi connectivity index (χ1) is 9.25. The molecule has 1 N–H and O–H groups in total. The van der Waals surface area contributed by atoms with E-state index in [2.05, 4.69) is 42.6 Å². The van der Waals surface area contributed by atoms with Crippen molar-refractivity contribution in [3.8, 4) is 5.69 Å². The molecule has 0 atom stereocenters. The van der Waals surface area contributed by atoms with Gasteiger partial charge in [-0.2, -0.15) is 5.10 Å². The van der Waals surface area contributed by atoms with E-state index >= 15 is 0 Å².